The van der Waals surface area contributed by atoms with Crippen molar-refractivity contribution in [1.29, 1.82) is 0 Å². The molecule has 3 nitrogen and oxygen atoms in total. The molecule has 0 heterocycles. The van der Waals surface area contributed by atoms with E-state index in [4.69, 9.17) is 10.8 Å². The molecule has 0 aliphatic carbocycles. The van der Waals surface area contributed by atoms with Crippen LogP contribution in [-0.2, 0) is 4.79 Å². The maximum Gasteiger partial charge on any atom is 0.304 e. The highest BCUT2D eigenvalue weighted by Crippen LogP contribution is 1.99. The van der Waals surface area contributed by atoms with E-state index in [1.54, 1.807) is 0 Å². The molecule has 1 unspecified atom stereocenters. The Balaban J connectivity index is 4.01. The average Bonchev–Trinajstić information content (AvgIpc) is 1.97. The summed E-state index contributed by atoms with van der Waals surface area (Å²) < 4.78 is 0. The molecule has 68 valence electrons. The normalized spacial score (nSPS) is 12.0. The van der Waals surface area contributed by atoms with Crippen LogP contribution >= 0.6 is 0 Å². The van der Waals surface area contributed by atoms with Gasteiger partial charge in [0.2, 0.25) is 0 Å². The molecule has 0 aliphatic rings. The number of carboxylic acid groups (broad SMARTS) is 1. The van der Waals surface area contributed by atoms with Crippen LogP contribution in [0.5, 0.6) is 0 Å². The zero-order valence-electron chi connectivity index (χ0n) is 7.50. The van der Waals surface area contributed by atoms with E-state index in [2.05, 4.69) is 11.8 Å². The standard InChI is InChI=1S/C9H15NO2/c1-7(2)3-4-8(6-10)5-9(11)12/h7-8H,5-6,10H2,1-2H3,(H,11,12). The van der Waals surface area contributed by atoms with E-state index in [9.17, 15) is 4.79 Å². The fourth-order valence-corrected chi connectivity index (χ4v) is 0.689. The largest absolute Gasteiger partial charge is 0.481 e. The van der Waals surface area contributed by atoms with E-state index in [1.165, 1.54) is 0 Å². The minimum Gasteiger partial charge on any atom is -0.481 e. The van der Waals surface area contributed by atoms with Crippen molar-refractivity contribution in [2.45, 2.75) is 20.3 Å². The first-order valence-corrected chi connectivity index (χ1v) is 3.99. The predicted octanol–water partition coefficient (Wildman–Crippen LogP) is 0.695. The van der Waals surface area contributed by atoms with Crippen molar-refractivity contribution in [2.75, 3.05) is 6.54 Å². The highest BCUT2D eigenvalue weighted by Gasteiger charge is 2.07. The van der Waals surface area contributed by atoms with Gasteiger partial charge < -0.3 is 10.8 Å². The van der Waals surface area contributed by atoms with E-state index in [-0.39, 0.29) is 18.3 Å². The van der Waals surface area contributed by atoms with Crippen LogP contribution < -0.4 is 5.73 Å². The lowest BCUT2D eigenvalue weighted by Gasteiger charge is -2.02. The van der Waals surface area contributed by atoms with Gasteiger partial charge in [0, 0.05) is 18.4 Å². The molecule has 0 aromatic heterocycles. The molecular formula is C9H15NO2. The van der Waals surface area contributed by atoms with Crippen LogP contribution in [0.2, 0.25) is 0 Å². The molecule has 0 fully saturated rings. The summed E-state index contributed by atoms with van der Waals surface area (Å²) in [4.78, 5) is 10.3. The van der Waals surface area contributed by atoms with Crippen LogP contribution in [0.4, 0.5) is 0 Å². The lowest BCUT2D eigenvalue weighted by molar-refractivity contribution is -0.137. The Morgan fingerprint density at radius 1 is 1.50 bits per heavy atom. The third kappa shape index (κ3) is 5.75. The highest BCUT2D eigenvalue weighted by atomic mass is 16.4. The monoisotopic (exact) mass is 169 g/mol. The van der Waals surface area contributed by atoms with Gasteiger partial charge in [0.25, 0.3) is 0 Å². The summed E-state index contributed by atoms with van der Waals surface area (Å²) in [6, 6.07) is 0. The van der Waals surface area contributed by atoms with Gasteiger partial charge in [0.1, 0.15) is 0 Å². The van der Waals surface area contributed by atoms with Crippen molar-refractivity contribution in [3.8, 4) is 11.8 Å². The molecule has 0 amide bonds. The molecular weight excluding hydrogens is 154 g/mol. The second-order valence-corrected chi connectivity index (χ2v) is 2.97. The molecule has 3 N–H and O–H groups in total. The summed E-state index contributed by atoms with van der Waals surface area (Å²) in [6.07, 6.45) is 0.0379. The first kappa shape index (κ1) is 11.0. The number of rotatable bonds is 3. The molecule has 0 bridgehead atoms. The Labute approximate surface area is 73.0 Å². The van der Waals surface area contributed by atoms with E-state index in [0.717, 1.165) is 0 Å². The van der Waals surface area contributed by atoms with Gasteiger partial charge in [-0.3, -0.25) is 4.79 Å². The second-order valence-electron chi connectivity index (χ2n) is 2.97. The first-order chi connectivity index (χ1) is 5.56. The number of carboxylic acids is 1. The van der Waals surface area contributed by atoms with Crippen molar-refractivity contribution in [1.82, 2.24) is 0 Å². The van der Waals surface area contributed by atoms with Crippen LogP contribution in [0.3, 0.4) is 0 Å². The number of aliphatic carboxylic acids is 1. The molecule has 12 heavy (non-hydrogen) atoms. The van der Waals surface area contributed by atoms with Crippen LogP contribution in [0.15, 0.2) is 0 Å². The van der Waals surface area contributed by atoms with E-state index >= 15 is 0 Å². The number of carbonyl (C=O) groups is 1. The van der Waals surface area contributed by atoms with Crippen LogP contribution in [0.1, 0.15) is 20.3 Å². The van der Waals surface area contributed by atoms with Gasteiger partial charge >= 0.3 is 5.97 Å². The lowest BCUT2D eigenvalue weighted by atomic mass is 10.1. The molecule has 0 aromatic rings. The SMILES string of the molecule is CC(C)C#CC(CN)CC(=O)O. The Hall–Kier alpha value is -1.01. The van der Waals surface area contributed by atoms with Crippen LogP contribution in [0, 0.1) is 23.7 Å². The Bertz CT molecular complexity index is 200. The molecule has 0 saturated carbocycles. The topological polar surface area (TPSA) is 63.3 Å². The smallest absolute Gasteiger partial charge is 0.304 e. The van der Waals surface area contributed by atoms with Crippen molar-refractivity contribution < 1.29 is 9.90 Å². The van der Waals surface area contributed by atoms with Gasteiger partial charge in [0.05, 0.1) is 6.42 Å². The van der Waals surface area contributed by atoms with Crippen molar-refractivity contribution >= 4 is 5.97 Å². The van der Waals surface area contributed by atoms with Crippen LogP contribution in [0.25, 0.3) is 0 Å². The quantitative estimate of drug-likeness (QED) is 0.611. The molecule has 0 saturated heterocycles. The maximum absolute atomic E-state index is 10.3. The van der Waals surface area contributed by atoms with Crippen molar-refractivity contribution in [3.63, 3.8) is 0 Å². The summed E-state index contributed by atoms with van der Waals surface area (Å²) in [6.45, 7) is 4.23. The molecule has 0 aromatic carbocycles. The zero-order chi connectivity index (χ0) is 9.56. The van der Waals surface area contributed by atoms with E-state index in [1.807, 2.05) is 13.8 Å². The molecule has 0 rings (SSSR count). The predicted molar refractivity (Wildman–Crippen MR) is 47.4 cm³/mol. The van der Waals surface area contributed by atoms with Gasteiger partial charge in [0.15, 0.2) is 0 Å². The van der Waals surface area contributed by atoms with Crippen molar-refractivity contribution in [3.05, 3.63) is 0 Å². The number of hydrogen-bond acceptors (Lipinski definition) is 2. The summed E-state index contributed by atoms with van der Waals surface area (Å²) >= 11 is 0. The number of hydrogen-bond donors (Lipinski definition) is 2. The summed E-state index contributed by atoms with van der Waals surface area (Å²) in [5.41, 5.74) is 5.34. The molecule has 0 radical (unpaired) electrons. The fraction of sp³-hybridized carbons (Fsp3) is 0.667. The third-order valence-electron chi connectivity index (χ3n) is 1.28. The van der Waals surface area contributed by atoms with E-state index in [0.29, 0.717) is 6.54 Å². The second kappa shape index (κ2) is 5.62. The van der Waals surface area contributed by atoms with Gasteiger partial charge in [-0.25, -0.2) is 0 Å². The molecule has 0 spiro atoms. The van der Waals surface area contributed by atoms with Gasteiger partial charge in [-0.15, -0.1) is 5.92 Å². The summed E-state index contributed by atoms with van der Waals surface area (Å²) in [7, 11) is 0. The van der Waals surface area contributed by atoms with Crippen molar-refractivity contribution in [2.24, 2.45) is 17.6 Å². The Morgan fingerprint density at radius 3 is 2.42 bits per heavy atom. The number of nitrogens with two attached hydrogens (primary N) is 1. The first-order valence-electron chi connectivity index (χ1n) is 3.99. The van der Waals surface area contributed by atoms with Gasteiger partial charge in [-0.05, 0) is 0 Å². The molecule has 1 atom stereocenters. The van der Waals surface area contributed by atoms with E-state index < -0.39 is 5.97 Å². The third-order valence-corrected chi connectivity index (χ3v) is 1.28. The Morgan fingerprint density at radius 2 is 2.08 bits per heavy atom. The highest BCUT2D eigenvalue weighted by molar-refractivity contribution is 5.67. The lowest BCUT2D eigenvalue weighted by Crippen LogP contribution is -2.16. The molecule has 0 aliphatic heterocycles. The zero-order valence-corrected chi connectivity index (χ0v) is 7.50. The van der Waals surface area contributed by atoms with Crippen LogP contribution in [-0.4, -0.2) is 17.6 Å². The van der Waals surface area contributed by atoms with Gasteiger partial charge in [-0.1, -0.05) is 19.8 Å². The van der Waals surface area contributed by atoms with Gasteiger partial charge in [-0.2, -0.15) is 0 Å². The minimum atomic E-state index is -0.844. The summed E-state index contributed by atoms with van der Waals surface area (Å²) in [5.74, 6) is 4.98. The average molecular weight is 169 g/mol. The minimum absolute atomic E-state index is 0.0379. The fourth-order valence-electron chi connectivity index (χ4n) is 0.689. The molecule has 3 heteroatoms. The Kier molecular flexibility index (Phi) is 5.14. The summed E-state index contributed by atoms with van der Waals surface area (Å²) in [5, 5.41) is 8.46. The maximum atomic E-state index is 10.3.